The first kappa shape index (κ1) is 36.1. The maximum atomic E-state index is 4.74. The Kier molecular flexibility index (Phi) is 22.8. The van der Waals surface area contributed by atoms with E-state index in [-0.39, 0.29) is 0 Å². The number of aryl methyl sites for hydroxylation is 2. The number of hydrogen-bond acceptors (Lipinski definition) is 2. The summed E-state index contributed by atoms with van der Waals surface area (Å²) in [5.74, 6) is 0. The molecule has 0 aliphatic heterocycles. The van der Waals surface area contributed by atoms with E-state index in [1.165, 1.54) is 141 Å². The van der Waals surface area contributed by atoms with Gasteiger partial charge in [-0.2, -0.15) is 0 Å². The van der Waals surface area contributed by atoms with Gasteiger partial charge in [0.2, 0.25) is 0 Å². The van der Waals surface area contributed by atoms with Gasteiger partial charge in [0, 0.05) is 51.0 Å². The molecule has 0 aliphatic rings. The van der Waals surface area contributed by atoms with Crippen LogP contribution in [0.1, 0.15) is 155 Å². The van der Waals surface area contributed by atoms with Crippen LogP contribution in [-0.4, -0.2) is 22.2 Å². The molecule has 42 heavy (non-hydrogen) atoms. The normalized spacial score (nSPS) is 11.2. The van der Waals surface area contributed by atoms with Crippen molar-refractivity contribution in [2.75, 3.05) is 13.1 Å². The topological polar surface area (TPSA) is 34.6 Å². The molecule has 0 aromatic carbocycles. The molecule has 0 saturated carbocycles. The van der Waals surface area contributed by atoms with Crippen LogP contribution in [0.2, 0.25) is 0 Å². The Bertz CT molecular complexity index is 880. The number of pyridine rings is 2. The predicted molar refractivity (Wildman–Crippen MR) is 183 cm³/mol. The summed E-state index contributed by atoms with van der Waals surface area (Å²) in [4.78, 5) is 9.49. The zero-order valence-corrected chi connectivity index (χ0v) is 27.8. The summed E-state index contributed by atoms with van der Waals surface area (Å²) in [5, 5.41) is 2.27. The van der Waals surface area contributed by atoms with E-state index in [0.29, 0.717) is 0 Å². The molecular formula is C38H66N4. The molecule has 4 heteroatoms. The van der Waals surface area contributed by atoms with Gasteiger partial charge in [-0.05, 0) is 49.9 Å². The minimum absolute atomic E-state index is 0.972. The molecule has 0 saturated heterocycles. The van der Waals surface area contributed by atoms with Gasteiger partial charge in [0.15, 0.2) is 0 Å². The van der Waals surface area contributed by atoms with Crippen LogP contribution in [0.3, 0.4) is 0 Å². The van der Waals surface area contributed by atoms with E-state index in [4.69, 9.17) is 9.98 Å². The SMILES string of the molecule is CCCCCCCCN=c1ccn(CCCCCCCCCCCCn2ccc(=NCCCCCCCC)cc2)cc1. The smallest absolute Gasteiger partial charge is 0.0603 e. The molecule has 0 unspecified atom stereocenters. The van der Waals surface area contributed by atoms with Crippen molar-refractivity contribution in [3.8, 4) is 0 Å². The molecule has 0 amide bonds. The fraction of sp³-hybridized carbons (Fsp3) is 0.737. The van der Waals surface area contributed by atoms with E-state index in [0.717, 1.165) is 36.9 Å². The first-order chi connectivity index (χ1) is 20.8. The van der Waals surface area contributed by atoms with Crippen molar-refractivity contribution >= 4 is 0 Å². The van der Waals surface area contributed by atoms with Crippen LogP contribution in [0.5, 0.6) is 0 Å². The highest BCUT2D eigenvalue weighted by atomic mass is 14.9. The van der Waals surface area contributed by atoms with Gasteiger partial charge in [0.25, 0.3) is 0 Å². The molecule has 2 aromatic rings. The van der Waals surface area contributed by atoms with Gasteiger partial charge in [0.1, 0.15) is 0 Å². The van der Waals surface area contributed by atoms with Crippen molar-refractivity contribution in [1.82, 2.24) is 9.13 Å². The predicted octanol–water partition coefficient (Wildman–Crippen LogP) is 10.4. The number of aromatic nitrogens is 2. The Hall–Kier alpha value is -2.10. The molecule has 238 valence electrons. The summed E-state index contributed by atoms with van der Waals surface area (Å²) in [5.41, 5.74) is 0. The van der Waals surface area contributed by atoms with Crippen LogP contribution in [0.15, 0.2) is 59.0 Å². The molecule has 0 bridgehead atoms. The van der Waals surface area contributed by atoms with Crippen molar-refractivity contribution < 1.29 is 0 Å². The van der Waals surface area contributed by atoms with Crippen LogP contribution < -0.4 is 10.7 Å². The van der Waals surface area contributed by atoms with E-state index in [2.05, 4.69) is 72.0 Å². The van der Waals surface area contributed by atoms with Crippen molar-refractivity contribution in [1.29, 1.82) is 0 Å². The van der Waals surface area contributed by atoms with E-state index in [1.807, 2.05) is 0 Å². The zero-order chi connectivity index (χ0) is 29.8. The van der Waals surface area contributed by atoms with E-state index >= 15 is 0 Å². The molecule has 0 fully saturated rings. The van der Waals surface area contributed by atoms with Gasteiger partial charge in [-0.15, -0.1) is 0 Å². The third-order valence-electron chi connectivity index (χ3n) is 8.44. The second-order valence-corrected chi connectivity index (χ2v) is 12.4. The van der Waals surface area contributed by atoms with Gasteiger partial charge in [0.05, 0.1) is 10.7 Å². The lowest BCUT2D eigenvalue weighted by atomic mass is 10.1. The molecule has 0 N–H and O–H groups in total. The summed E-state index contributed by atoms with van der Waals surface area (Å²) >= 11 is 0. The zero-order valence-electron chi connectivity index (χ0n) is 27.8. The molecule has 0 radical (unpaired) electrons. The largest absolute Gasteiger partial charge is 0.354 e. The molecule has 0 spiro atoms. The van der Waals surface area contributed by atoms with Crippen molar-refractivity contribution in [3.63, 3.8) is 0 Å². The second-order valence-electron chi connectivity index (χ2n) is 12.4. The standard InChI is InChI=1S/C38H66N4/c1-3-5-7-9-17-21-29-39-37-25-33-41(34-26-37)31-23-19-15-13-11-12-14-16-20-24-32-42-35-27-38(28-36-42)40-30-22-18-10-8-6-4-2/h25-28,33-36H,3-24,29-32H2,1-2H3. The number of hydrogen-bond donors (Lipinski definition) is 0. The van der Waals surface area contributed by atoms with Crippen molar-refractivity contribution in [2.45, 2.75) is 168 Å². The van der Waals surface area contributed by atoms with Crippen molar-refractivity contribution in [2.24, 2.45) is 9.98 Å². The molecular weight excluding hydrogens is 512 g/mol. The average Bonchev–Trinajstić information content (AvgIpc) is 3.02. The molecule has 0 atom stereocenters. The molecule has 2 aromatic heterocycles. The summed E-state index contributed by atoms with van der Waals surface area (Å²) in [6, 6.07) is 8.72. The lowest BCUT2D eigenvalue weighted by Crippen LogP contribution is -2.06. The second kappa shape index (κ2) is 26.5. The Labute approximate surface area is 259 Å². The van der Waals surface area contributed by atoms with E-state index in [1.54, 1.807) is 0 Å². The first-order valence-corrected chi connectivity index (χ1v) is 18.1. The molecule has 0 aliphatic carbocycles. The quantitative estimate of drug-likeness (QED) is 0.0945. The number of rotatable bonds is 27. The fourth-order valence-corrected chi connectivity index (χ4v) is 5.61. The minimum atomic E-state index is 0.972. The monoisotopic (exact) mass is 579 g/mol. The van der Waals surface area contributed by atoms with Crippen LogP contribution in [0.4, 0.5) is 0 Å². The van der Waals surface area contributed by atoms with Crippen LogP contribution in [0, 0.1) is 0 Å². The Balaban J connectivity index is 1.38. The van der Waals surface area contributed by atoms with Crippen LogP contribution in [0.25, 0.3) is 0 Å². The summed E-state index contributed by atoms with van der Waals surface area (Å²) in [6.07, 6.45) is 38.4. The van der Waals surface area contributed by atoms with Gasteiger partial charge in [-0.1, -0.05) is 129 Å². The van der Waals surface area contributed by atoms with Gasteiger partial charge in [-0.25, -0.2) is 0 Å². The highest BCUT2D eigenvalue weighted by Gasteiger charge is 1.96. The highest BCUT2D eigenvalue weighted by Crippen LogP contribution is 2.12. The molecule has 2 heterocycles. The maximum Gasteiger partial charge on any atom is 0.0603 e. The molecule has 4 nitrogen and oxygen atoms in total. The van der Waals surface area contributed by atoms with Gasteiger partial charge in [-0.3, -0.25) is 9.98 Å². The number of unbranched alkanes of at least 4 members (excludes halogenated alkanes) is 19. The number of nitrogens with zero attached hydrogens (tertiary/aromatic N) is 4. The summed E-state index contributed by atoms with van der Waals surface area (Å²) in [7, 11) is 0. The van der Waals surface area contributed by atoms with E-state index < -0.39 is 0 Å². The third kappa shape index (κ3) is 19.9. The third-order valence-corrected chi connectivity index (χ3v) is 8.44. The van der Waals surface area contributed by atoms with Gasteiger partial charge < -0.3 is 9.13 Å². The van der Waals surface area contributed by atoms with E-state index in [9.17, 15) is 0 Å². The minimum Gasteiger partial charge on any atom is -0.354 e. The molecule has 2 rings (SSSR count). The Morgan fingerprint density at radius 3 is 1.00 bits per heavy atom. The lowest BCUT2D eigenvalue weighted by molar-refractivity contribution is 0.521. The summed E-state index contributed by atoms with van der Waals surface area (Å²) < 4.78 is 4.64. The van der Waals surface area contributed by atoms with Crippen LogP contribution in [-0.2, 0) is 13.1 Å². The first-order valence-electron chi connectivity index (χ1n) is 18.1. The maximum absolute atomic E-state index is 4.74. The van der Waals surface area contributed by atoms with Gasteiger partial charge >= 0.3 is 0 Å². The lowest BCUT2D eigenvalue weighted by Gasteiger charge is -2.07. The Morgan fingerprint density at radius 2 is 0.667 bits per heavy atom. The fourth-order valence-electron chi connectivity index (χ4n) is 5.61. The Morgan fingerprint density at radius 1 is 0.381 bits per heavy atom. The van der Waals surface area contributed by atoms with Crippen molar-refractivity contribution in [3.05, 3.63) is 59.8 Å². The van der Waals surface area contributed by atoms with Crippen LogP contribution >= 0.6 is 0 Å². The highest BCUT2D eigenvalue weighted by molar-refractivity contribution is 4.94. The average molecular weight is 579 g/mol. The summed E-state index contributed by atoms with van der Waals surface area (Å²) in [6.45, 7) is 8.76.